The number of rotatable bonds is 12. The molecule has 0 heterocycles. The van der Waals surface area contributed by atoms with Gasteiger partial charge in [-0.25, -0.2) is 0 Å². The summed E-state index contributed by atoms with van der Waals surface area (Å²) in [6.45, 7) is 7.56. The Morgan fingerprint density at radius 2 is 1.35 bits per heavy atom. The molecule has 0 spiro atoms. The SMILES string of the molecule is CCCCC(CC)(COC(=O)CC(C)=N)COC(=O)CC(C)=N. The lowest BCUT2D eigenvalue weighted by Gasteiger charge is -2.31. The van der Waals surface area contributed by atoms with Gasteiger partial charge in [0.1, 0.15) is 13.2 Å². The average molecular weight is 326 g/mol. The van der Waals surface area contributed by atoms with Crippen molar-refractivity contribution in [3.63, 3.8) is 0 Å². The molecular weight excluding hydrogens is 296 g/mol. The lowest BCUT2D eigenvalue weighted by atomic mass is 9.81. The Labute approximate surface area is 138 Å². The fourth-order valence-corrected chi connectivity index (χ4v) is 2.12. The second-order valence-electron chi connectivity index (χ2n) is 6.19. The van der Waals surface area contributed by atoms with E-state index in [0.717, 1.165) is 25.7 Å². The molecule has 0 amide bonds. The van der Waals surface area contributed by atoms with Crippen LogP contribution in [0.4, 0.5) is 0 Å². The Morgan fingerprint density at radius 1 is 0.913 bits per heavy atom. The zero-order chi connectivity index (χ0) is 17.9. The van der Waals surface area contributed by atoms with Crippen LogP contribution in [0.25, 0.3) is 0 Å². The number of hydrogen-bond acceptors (Lipinski definition) is 6. The van der Waals surface area contributed by atoms with E-state index in [0.29, 0.717) is 0 Å². The summed E-state index contributed by atoms with van der Waals surface area (Å²) in [5.74, 6) is -0.845. The minimum atomic E-state index is -0.423. The first-order chi connectivity index (χ1) is 10.7. The summed E-state index contributed by atoms with van der Waals surface area (Å²) >= 11 is 0. The maximum Gasteiger partial charge on any atom is 0.311 e. The Bertz CT molecular complexity index is 400. The molecule has 0 aliphatic carbocycles. The van der Waals surface area contributed by atoms with Crippen LogP contribution in [-0.4, -0.2) is 36.6 Å². The second kappa shape index (κ2) is 10.9. The highest BCUT2D eigenvalue weighted by atomic mass is 16.5. The van der Waals surface area contributed by atoms with E-state index in [-0.39, 0.29) is 37.5 Å². The quantitative estimate of drug-likeness (QED) is 0.423. The Kier molecular flexibility index (Phi) is 10.1. The first-order valence-electron chi connectivity index (χ1n) is 8.14. The highest BCUT2D eigenvalue weighted by Gasteiger charge is 2.31. The van der Waals surface area contributed by atoms with E-state index in [1.165, 1.54) is 0 Å². The van der Waals surface area contributed by atoms with Gasteiger partial charge >= 0.3 is 11.9 Å². The number of carbonyl (C=O) groups excluding carboxylic acids is 2. The molecule has 6 nitrogen and oxygen atoms in total. The molecule has 23 heavy (non-hydrogen) atoms. The van der Waals surface area contributed by atoms with E-state index in [1.54, 1.807) is 13.8 Å². The molecular formula is C17H30N2O4. The van der Waals surface area contributed by atoms with Crippen molar-refractivity contribution in [3.8, 4) is 0 Å². The third kappa shape index (κ3) is 9.81. The lowest BCUT2D eigenvalue weighted by Crippen LogP contribution is -2.34. The number of carbonyl (C=O) groups is 2. The highest BCUT2D eigenvalue weighted by Crippen LogP contribution is 2.30. The van der Waals surface area contributed by atoms with Gasteiger partial charge in [-0.3, -0.25) is 9.59 Å². The Balaban J connectivity index is 4.72. The number of hydrogen-bond donors (Lipinski definition) is 2. The van der Waals surface area contributed by atoms with Gasteiger partial charge in [0, 0.05) is 16.8 Å². The van der Waals surface area contributed by atoms with Crippen LogP contribution in [0.15, 0.2) is 0 Å². The van der Waals surface area contributed by atoms with Crippen molar-refractivity contribution in [1.29, 1.82) is 10.8 Å². The van der Waals surface area contributed by atoms with Crippen LogP contribution in [-0.2, 0) is 19.1 Å². The molecule has 0 fully saturated rings. The zero-order valence-corrected chi connectivity index (χ0v) is 14.8. The average Bonchev–Trinajstić information content (AvgIpc) is 2.45. The maximum absolute atomic E-state index is 11.7. The predicted molar refractivity (Wildman–Crippen MR) is 90.2 cm³/mol. The molecule has 0 aliphatic rings. The molecule has 0 aromatic carbocycles. The molecule has 0 radical (unpaired) electrons. The number of unbranched alkanes of at least 4 members (excludes halogenated alkanes) is 1. The van der Waals surface area contributed by atoms with Crippen molar-refractivity contribution in [2.75, 3.05) is 13.2 Å². The Hall–Kier alpha value is -1.72. The smallest absolute Gasteiger partial charge is 0.311 e. The summed E-state index contributed by atoms with van der Waals surface area (Å²) in [4.78, 5) is 23.3. The molecule has 0 saturated heterocycles. The summed E-state index contributed by atoms with van der Waals surface area (Å²) in [5, 5.41) is 14.7. The molecule has 2 N–H and O–H groups in total. The third-order valence-corrected chi connectivity index (χ3v) is 3.71. The molecule has 0 aromatic heterocycles. The summed E-state index contributed by atoms with van der Waals surface area (Å²) in [7, 11) is 0. The second-order valence-corrected chi connectivity index (χ2v) is 6.19. The van der Waals surface area contributed by atoms with E-state index in [2.05, 4.69) is 6.92 Å². The van der Waals surface area contributed by atoms with E-state index in [1.807, 2.05) is 6.92 Å². The molecule has 6 heteroatoms. The van der Waals surface area contributed by atoms with Crippen LogP contribution in [0.1, 0.15) is 66.2 Å². The molecule has 0 unspecified atom stereocenters. The minimum Gasteiger partial charge on any atom is -0.465 e. The maximum atomic E-state index is 11.7. The summed E-state index contributed by atoms with van der Waals surface area (Å²) in [5.41, 5.74) is 0.129. The van der Waals surface area contributed by atoms with Crippen LogP contribution in [0.5, 0.6) is 0 Å². The van der Waals surface area contributed by atoms with Crippen molar-refractivity contribution in [2.24, 2.45) is 5.41 Å². The van der Waals surface area contributed by atoms with Crippen molar-refractivity contribution >= 4 is 23.4 Å². The third-order valence-electron chi connectivity index (χ3n) is 3.71. The number of ether oxygens (including phenoxy) is 2. The van der Waals surface area contributed by atoms with Gasteiger partial charge in [0.25, 0.3) is 0 Å². The predicted octanol–water partition coefficient (Wildman–Crippen LogP) is 3.52. The molecule has 132 valence electrons. The summed E-state index contributed by atoms with van der Waals surface area (Å²) in [6, 6.07) is 0. The van der Waals surface area contributed by atoms with Gasteiger partial charge in [0.15, 0.2) is 0 Å². The first kappa shape index (κ1) is 21.3. The first-order valence-corrected chi connectivity index (χ1v) is 8.14. The van der Waals surface area contributed by atoms with Gasteiger partial charge in [-0.2, -0.15) is 0 Å². The van der Waals surface area contributed by atoms with Crippen molar-refractivity contribution < 1.29 is 19.1 Å². The fraction of sp³-hybridized carbons (Fsp3) is 0.765. The van der Waals surface area contributed by atoms with Crippen molar-refractivity contribution in [1.82, 2.24) is 0 Å². The van der Waals surface area contributed by atoms with Crippen LogP contribution >= 0.6 is 0 Å². The molecule has 0 bridgehead atoms. The van der Waals surface area contributed by atoms with E-state index < -0.39 is 17.4 Å². The van der Waals surface area contributed by atoms with Crippen LogP contribution in [0.3, 0.4) is 0 Å². The monoisotopic (exact) mass is 326 g/mol. The molecule has 0 saturated carbocycles. The largest absolute Gasteiger partial charge is 0.465 e. The topological polar surface area (TPSA) is 100 Å². The van der Waals surface area contributed by atoms with Crippen LogP contribution in [0.2, 0.25) is 0 Å². The van der Waals surface area contributed by atoms with E-state index in [4.69, 9.17) is 20.3 Å². The fourth-order valence-electron chi connectivity index (χ4n) is 2.12. The van der Waals surface area contributed by atoms with E-state index >= 15 is 0 Å². The standard InChI is InChI=1S/C17H30N2O4/c1-5-7-8-17(6-2,11-22-15(20)9-13(3)18)12-23-16(21)10-14(4)19/h18-19H,5-12H2,1-4H3. The number of nitrogens with one attached hydrogen (secondary N) is 2. The van der Waals surface area contributed by atoms with Gasteiger partial charge in [0.05, 0.1) is 12.8 Å². The van der Waals surface area contributed by atoms with Gasteiger partial charge in [-0.05, 0) is 26.7 Å². The van der Waals surface area contributed by atoms with Crippen molar-refractivity contribution in [2.45, 2.75) is 66.2 Å². The number of esters is 2. The van der Waals surface area contributed by atoms with Gasteiger partial charge < -0.3 is 20.3 Å². The van der Waals surface area contributed by atoms with Gasteiger partial charge in [-0.15, -0.1) is 0 Å². The molecule has 0 atom stereocenters. The minimum absolute atomic E-state index is 0.0135. The summed E-state index contributed by atoms with van der Waals surface area (Å²) in [6.07, 6.45) is 3.45. The highest BCUT2D eigenvalue weighted by molar-refractivity contribution is 5.96. The van der Waals surface area contributed by atoms with Crippen LogP contribution < -0.4 is 0 Å². The van der Waals surface area contributed by atoms with Gasteiger partial charge in [0.2, 0.25) is 0 Å². The van der Waals surface area contributed by atoms with Crippen LogP contribution in [0, 0.1) is 16.2 Å². The molecule has 0 aliphatic heterocycles. The Morgan fingerprint density at radius 3 is 1.65 bits per heavy atom. The van der Waals surface area contributed by atoms with E-state index in [9.17, 15) is 9.59 Å². The molecule has 0 aromatic rings. The van der Waals surface area contributed by atoms with Crippen molar-refractivity contribution in [3.05, 3.63) is 0 Å². The normalized spacial score (nSPS) is 13.0. The lowest BCUT2D eigenvalue weighted by molar-refractivity contribution is -0.153. The van der Waals surface area contributed by atoms with Gasteiger partial charge in [-0.1, -0.05) is 26.7 Å². The zero-order valence-electron chi connectivity index (χ0n) is 14.8. The molecule has 0 rings (SSSR count). The summed E-state index contributed by atoms with van der Waals surface area (Å²) < 4.78 is 10.6.